The molecule has 2 amide bonds. The molecule has 9 heteroatoms. The SMILES string of the molecule is CC1CN(Cc2ccc(F)cc2)CCN1C(=O)C=Cc1ccc(Cl)cc1C#CC1(O)CCN(C(=O)O)CC1. The molecule has 2 N–H and O–H groups in total. The summed E-state index contributed by atoms with van der Waals surface area (Å²) in [5, 5.41) is 20.4. The van der Waals surface area contributed by atoms with Crippen LogP contribution < -0.4 is 0 Å². The van der Waals surface area contributed by atoms with Gasteiger partial charge in [-0.2, -0.15) is 0 Å². The van der Waals surface area contributed by atoms with Gasteiger partial charge in [0.1, 0.15) is 11.4 Å². The van der Waals surface area contributed by atoms with Crippen LogP contribution >= 0.6 is 11.6 Å². The van der Waals surface area contributed by atoms with Gasteiger partial charge < -0.3 is 20.0 Å². The zero-order valence-corrected chi connectivity index (χ0v) is 22.0. The Hall–Kier alpha value is -3.38. The van der Waals surface area contributed by atoms with E-state index in [1.165, 1.54) is 23.1 Å². The van der Waals surface area contributed by atoms with Gasteiger partial charge in [0, 0.05) is 74.8 Å². The first-order valence-electron chi connectivity index (χ1n) is 12.6. The van der Waals surface area contributed by atoms with Crippen LogP contribution in [0.5, 0.6) is 0 Å². The van der Waals surface area contributed by atoms with E-state index in [9.17, 15) is 19.1 Å². The molecular formula is C29H31ClFN3O4. The molecule has 7 nitrogen and oxygen atoms in total. The number of carboxylic acid groups (broad SMARTS) is 1. The van der Waals surface area contributed by atoms with Crippen molar-refractivity contribution in [3.05, 3.63) is 76.1 Å². The largest absolute Gasteiger partial charge is 0.465 e. The number of aliphatic hydroxyl groups is 1. The number of rotatable bonds is 4. The van der Waals surface area contributed by atoms with Gasteiger partial charge in [0.2, 0.25) is 5.91 Å². The molecule has 0 radical (unpaired) electrons. The van der Waals surface area contributed by atoms with Crippen LogP contribution in [0.3, 0.4) is 0 Å². The number of hydrogen-bond acceptors (Lipinski definition) is 4. The van der Waals surface area contributed by atoms with Gasteiger partial charge in [-0.3, -0.25) is 9.69 Å². The second-order valence-electron chi connectivity index (χ2n) is 9.86. The lowest BCUT2D eigenvalue weighted by molar-refractivity contribution is -0.130. The third kappa shape index (κ3) is 7.13. The molecule has 2 aromatic carbocycles. The van der Waals surface area contributed by atoms with Crippen molar-refractivity contribution in [3.63, 3.8) is 0 Å². The molecule has 2 aliphatic heterocycles. The highest BCUT2D eigenvalue weighted by Gasteiger charge is 2.32. The first kappa shape index (κ1) is 27.6. The minimum absolute atomic E-state index is 0.0109. The van der Waals surface area contributed by atoms with Gasteiger partial charge in [-0.15, -0.1) is 0 Å². The number of piperazine rings is 1. The normalized spacial score (nSPS) is 19.7. The maximum atomic E-state index is 13.2. The lowest BCUT2D eigenvalue weighted by Gasteiger charge is -2.39. The molecule has 4 rings (SSSR count). The zero-order chi connectivity index (χ0) is 27.3. The molecule has 0 spiro atoms. The first-order chi connectivity index (χ1) is 18.1. The molecule has 0 aromatic heterocycles. The number of piperidine rings is 1. The topological polar surface area (TPSA) is 84.3 Å². The van der Waals surface area contributed by atoms with E-state index in [0.29, 0.717) is 35.8 Å². The van der Waals surface area contributed by atoms with Crippen molar-refractivity contribution in [2.75, 3.05) is 32.7 Å². The van der Waals surface area contributed by atoms with Gasteiger partial charge in [0.25, 0.3) is 0 Å². The minimum Gasteiger partial charge on any atom is -0.465 e. The molecule has 2 heterocycles. The Balaban J connectivity index is 1.39. The Morgan fingerprint density at radius 1 is 1.13 bits per heavy atom. The Morgan fingerprint density at radius 3 is 2.50 bits per heavy atom. The highest BCUT2D eigenvalue weighted by atomic mass is 35.5. The number of benzene rings is 2. The van der Waals surface area contributed by atoms with Gasteiger partial charge >= 0.3 is 6.09 Å². The van der Waals surface area contributed by atoms with Crippen molar-refractivity contribution in [3.8, 4) is 11.8 Å². The average Bonchev–Trinajstić information content (AvgIpc) is 2.88. The monoisotopic (exact) mass is 539 g/mol. The quantitative estimate of drug-likeness (QED) is 0.452. The smallest absolute Gasteiger partial charge is 0.407 e. The summed E-state index contributed by atoms with van der Waals surface area (Å²) in [6, 6.07) is 11.7. The van der Waals surface area contributed by atoms with Crippen LogP contribution in [-0.2, 0) is 11.3 Å². The molecule has 2 aromatic rings. The molecule has 2 fully saturated rings. The Kier molecular flexibility index (Phi) is 8.72. The van der Waals surface area contributed by atoms with Crippen molar-refractivity contribution >= 4 is 29.7 Å². The lowest BCUT2D eigenvalue weighted by Crippen LogP contribution is -2.53. The predicted octanol–water partition coefficient (Wildman–Crippen LogP) is 4.08. The number of amides is 2. The molecular weight excluding hydrogens is 509 g/mol. The van der Waals surface area contributed by atoms with E-state index < -0.39 is 11.7 Å². The van der Waals surface area contributed by atoms with Gasteiger partial charge in [0.05, 0.1) is 0 Å². The number of likely N-dealkylation sites (tertiary alicyclic amines) is 1. The fourth-order valence-electron chi connectivity index (χ4n) is 4.77. The molecule has 0 aliphatic carbocycles. The summed E-state index contributed by atoms with van der Waals surface area (Å²) in [6.07, 6.45) is 2.68. The molecule has 2 saturated heterocycles. The fourth-order valence-corrected chi connectivity index (χ4v) is 4.94. The van der Waals surface area contributed by atoms with Crippen LogP contribution in [0.25, 0.3) is 6.08 Å². The number of carbonyl (C=O) groups is 2. The summed E-state index contributed by atoms with van der Waals surface area (Å²) < 4.78 is 13.2. The molecule has 1 atom stereocenters. The molecule has 0 saturated carbocycles. The van der Waals surface area contributed by atoms with Gasteiger partial charge in [-0.05, 0) is 48.4 Å². The molecule has 0 bridgehead atoms. The Labute approximate surface area is 227 Å². The molecule has 38 heavy (non-hydrogen) atoms. The second kappa shape index (κ2) is 12.0. The van der Waals surface area contributed by atoms with Gasteiger partial charge in [-0.1, -0.05) is 41.6 Å². The van der Waals surface area contributed by atoms with Crippen LogP contribution in [0.2, 0.25) is 5.02 Å². The summed E-state index contributed by atoms with van der Waals surface area (Å²) >= 11 is 6.19. The summed E-state index contributed by atoms with van der Waals surface area (Å²) in [5.41, 5.74) is 1.03. The standard InChI is InChI=1S/C29H31ClFN3O4/c1-21-19-32(20-22-2-7-26(31)8-3-22)16-17-34(21)27(35)9-5-23-4-6-25(30)18-24(23)10-11-29(38)12-14-33(15-13-29)28(36)37/h2-9,18,21,38H,12-17,19-20H2,1H3,(H,36,37). The summed E-state index contributed by atoms with van der Waals surface area (Å²) in [7, 11) is 0. The van der Waals surface area contributed by atoms with E-state index in [1.54, 1.807) is 36.4 Å². The first-order valence-corrected chi connectivity index (χ1v) is 13.0. The fraction of sp³-hybridized carbons (Fsp3) is 0.379. The highest BCUT2D eigenvalue weighted by Crippen LogP contribution is 2.23. The molecule has 2 aliphatic rings. The van der Waals surface area contributed by atoms with Crippen molar-refractivity contribution in [1.82, 2.24) is 14.7 Å². The minimum atomic E-state index is -1.28. The van der Waals surface area contributed by atoms with Crippen molar-refractivity contribution in [1.29, 1.82) is 0 Å². The third-order valence-corrected chi connectivity index (χ3v) is 7.26. The summed E-state index contributed by atoms with van der Waals surface area (Å²) in [4.78, 5) is 29.5. The van der Waals surface area contributed by atoms with E-state index in [0.717, 1.165) is 12.1 Å². The molecule has 1 unspecified atom stereocenters. The highest BCUT2D eigenvalue weighted by molar-refractivity contribution is 6.30. The molecule has 200 valence electrons. The van der Waals surface area contributed by atoms with Crippen molar-refractivity contribution in [2.45, 2.75) is 38.0 Å². The zero-order valence-electron chi connectivity index (χ0n) is 21.2. The Morgan fingerprint density at radius 2 is 1.84 bits per heavy atom. The van der Waals surface area contributed by atoms with E-state index >= 15 is 0 Å². The van der Waals surface area contributed by atoms with Gasteiger partial charge in [-0.25, -0.2) is 9.18 Å². The number of carbonyl (C=O) groups excluding carboxylic acids is 1. The number of nitrogens with zero attached hydrogens (tertiary/aromatic N) is 3. The third-order valence-electron chi connectivity index (χ3n) is 7.03. The second-order valence-corrected chi connectivity index (χ2v) is 10.3. The van der Waals surface area contributed by atoms with Crippen LogP contribution in [0.1, 0.15) is 36.5 Å². The van der Waals surface area contributed by atoms with E-state index in [4.69, 9.17) is 16.7 Å². The van der Waals surface area contributed by atoms with E-state index in [1.807, 2.05) is 11.8 Å². The van der Waals surface area contributed by atoms with Crippen LogP contribution in [0, 0.1) is 17.7 Å². The average molecular weight is 540 g/mol. The lowest BCUT2D eigenvalue weighted by atomic mass is 9.91. The number of hydrogen-bond donors (Lipinski definition) is 2. The number of halogens is 2. The summed E-state index contributed by atoms with van der Waals surface area (Å²) in [6.45, 7) is 5.16. The van der Waals surface area contributed by atoms with E-state index in [-0.39, 0.29) is 43.7 Å². The maximum absolute atomic E-state index is 13.2. The van der Waals surface area contributed by atoms with E-state index in [2.05, 4.69) is 16.7 Å². The van der Waals surface area contributed by atoms with Crippen molar-refractivity contribution in [2.24, 2.45) is 0 Å². The maximum Gasteiger partial charge on any atom is 0.407 e. The predicted molar refractivity (Wildman–Crippen MR) is 144 cm³/mol. The Bertz CT molecular complexity index is 1260. The van der Waals surface area contributed by atoms with Crippen LogP contribution in [0.15, 0.2) is 48.5 Å². The van der Waals surface area contributed by atoms with Crippen LogP contribution in [0.4, 0.5) is 9.18 Å². The van der Waals surface area contributed by atoms with Crippen LogP contribution in [-0.4, -0.2) is 81.3 Å². The summed E-state index contributed by atoms with van der Waals surface area (Å²) in [5.74, 6) is 5.54. The van der Waals surface area contributed by atoms with Gasteiger partial charge in [0.15, 0.2) is 0 Å². The van der Waals surface area contributed by atoms with Crippen molar-refractivity contribution < 1.29 is 24.2 Å².